The van der Waals surface area contributed by atoms with E-state index in [2.05, 4.69) is 5.09 Å². The number of hydrogen-bond donors (Lipinski definition) is 4. The molecule has 0 spiro atoms. The maximum absolute atomic E-state index is 13.8. The number of allylic oxidation sites excluding steroid dienone is 1. The molecule has 0 aromatic heterocycles. The Morgan fingerprint density at radius 1 is 1.26 bits per heavy atom. The molecule has 3 aliphatic rings. The smallest absolute Gasteiger partial charge is 0.459 e. The Bertz CT molecular complexity index is 1120. The summed E-state index contributed by atoms with van der Waals surface area (Å²) in [4.78, 5) is 25.6. The molecule has 5 atom stereocenters. The van der Waals surface area contributed by atoms with Gasteiger partial charge in [0, 0.05) is 18.0 Å². The fraction of sp³-hybridized carbons (Fsp3) is 0.538. The number of benzene rings is 1. The number of primary amides is 1. The Kier molecular flexibility index (Phi) is 9.47. The molecule has 1 amide bonds. The Hall–Kier alpha value is -2.73. The van der Waals surface area contributed by atoms with E-state index in [1.165, 1.54) is 24.2 Å². The molecule has 5 N–H and O–H groups in total. The summed E-state index contributed by atoms with van der Waals surface area (Å²) in [6.45, 7) is 0.714. The average Bonchev–Trinajstić information content (AvgIpc) is 3.23. The minimum atomic E-state index is -4.20. The zero-order valence-electron chi connectivity index (χ0n) is 21.8. The summed E-state index contributed by atoms with van der Waals surface area (Å²) < 4.78 is 36.2. The minimum absolute atomic E-state index is 0.182. The van der Waals surface area contributed by atoms with Gasteiger partial charge in [0.2, 0.25) is 5.91 Å². The number of para-hydroxylation sites is 1. The monoisotopic (exact) mass is 565 g/mol. The van der Waals surface area contributed by atoms with Crippen LogP contribution in [0.5, 0.6) is 5.75 Å². The first-order valence-corrected chi connectivity index (χ1v) is 14.6. The molecule has 2 aliphatic heterocycles. The molecule has 0 bridgehead atoms. The van der Waals surface area contributed by atoms with Gasteiger partial charge < -0.3 is 34.8 Å². The number of nitrogens with two attached hydrogens (primary N) is 1. The van der Waals surface area contributed by atoms with Crippen molar-refractivity contribution in [2.24, 2.45) is 5.73 Å². The van der Waals surface area contributed by atoms with E-state index >= 15 is 0 Å². The van der Waals surface area contributed by atoms with E-state index in [1.54, 1.807) is 36.4 Å². The first-order valence-electron chi connectivity index (χ1n) is 13.0. The van der Waals surface area contributed by atoms with Crippen LogP contribution in [0.3, 0.4) is 0 Å². The lowest BCUT2D eigenvalue weighted by molar-refractivity contribution is -0.152. The summed E-state index contributed by atoms with van der Waals surface area (Å²) in [5.41, 5.74) is 3.67. The van der Waals surface area contributed by atoms with Crippen LogP contribution in [0.1, 0.15) is 45.4 Å². The summed E-state index contributed by atoms with van der Waals surface area (Å²) in [6.07, 6.45) is 6.60. The highest BCUT2D eigenvalue weighted by Crippen LogP contribution is 2.46. The van der Waals surface area contributed by atoms with Gasteiger partial charge in [-0.1, -0.05) is 30.7 Å². The molecule has 1 saturated carbocycles. The molecule has 214 valence electrons. The predicted molar refractivity (Wildman–Crippen MR) is 140 cm³/mol. The molecular formula is C26H36N3O9P. The van der Waals surface area contributed by atoms with Gasteiger partial charge in [-0.15, -0.1) is 0 Å². The highest BCUT2D eigenvalue weighted by Gasteiger charge is 2.52. The van der Waals surface area contributed by atoms with Gasteiger partial charge in [0.25, 0.3) is 0 Å². The standard InChI is InChI=1S/C26H36N3O9P/c1-18(25(32)37-20-10-4-2-5-11-20)28-39(34,38-21-12-6-3-7-13-21)36-16-22-23(30)26(33,17-35-22)29-14-8-9-19(15-29)24(27)31/h3,6-8,12-15,18,20,22-23,30,33H,2,4-5,9-11,16-17H2,1H3,(H2,27,31)(H,28,34)/t18-,22+,23+,26+,39?/m0/s1. The zero-order chi connectivity index (χ0) is 28.0. The lowest BCUT2D eigenvalue weighted by Gasteiger charge is -2.37. The number of carbonyl (C=O) groups excluding carboxylic acids is 2. The highest BCUT2D eigenvalue weighted by molar-refractivity contribution is 7.52. The number of esters is 1. The van der Waals surface area contributed by atoms with Gasteiger partial charge in [0.05, 0.1) is 13.2 Å². The number of aliphatic hydroxyl groups is 2. The van der Waals surface area contributed by atoms with Gasteiger partial charge >= 0.3 is 13.7 Å². The van der Waals surface area contributed by atoms with Crippen molar-refractivity contribution in [3.8, 4) is 5.75 Å². The molecule has 4 rings (SSSR count). The van der Waals surface area contributed by atoms with Crippen molar-refractivity contribution in [2.75, 3.05) is 13.2 Å². The van der Waals surface area contributed by atoms with E-state index in [1.807, 2.05) is 0 Å². The lowest BCUT2D eigenvalue weighted by Crippen LogP contribution is -2.54. The van der Waals surface area contributed by atoms with E-state index in [9.17, 15) is 24.4 Å². The molecule has 1 aliphatic carbocycles. The molecule has 1 unspecified atom stereocenters. The molecule has 13 heteroatoms. The van der Waals surface area contributed by atoms with Crippen molar-refractivity contribution in [1.82, 2.24) is 9.99 Å². The first-order chi connectivity index (χ1) is 18.6. The van der Waals surface area contributed by atoms with Crippen LogP contribution in [0.25, 0.3) is 0 Å². The lowest BCUT2D eigenvalue weighted by atomic mass is 9.98. The van der Waals surface area contributed by atoms with Crippen molar-refractivity contribution >= 4 is 19.6 Å². The van der Waals surface area contributed by atoms with E-state index in [-0.39, 0.29) is 24.0 Å². The SMILES string of the molecule is C[C@H](NP(=O)(OC[C@H]1OC[C@](O)(N2C=CCC(C(N)=O)=C2)[C@@H]1O)Oc1ccccc1)C(=O)OC1CCCCC1. The minimum Gasteiger partial charge on any atom is -0.461 e. The summed E-state index contributed by atoms with van der Waals surface area (Å²) >= 11 is 0. The van der Waals surface area contributed by atoms with Gasteiger partial charge in [-0.2, -0.15) is 5.09 Å². The topological polar surface area (TPSA) is 170 Å². The normalized spacial score (nSPS) is 27.9. The van der Waals surface area contributed by atoms with E-state index < -0.39 is 50.2 Å². The van der Waals surface area contributed by atoms with Gasteiger partial charge in [0.1, 0.15) is 30.1 Å². The third-order valence-corrected chi connectivity index (χ3v) is 8.56. The number of aliphatic hydroxyl groups excluding tert-OH is 1. The quantitative estimate of drug-likeness (QED) is 0.229. The molecule has 0 radical (unpaired) electrons. The fourth-order valence-electron chi connectivity index (χ4n) is 4.65. The third-order valence-electron chi connectivity index (χ3n) is 6.92. The molecule has 1 aromatic carbocycles. The predicted octanol–water partition coefficient (Wildman–Crippen LogP) is 2.08. The van der Waals surface area contributed by atoms with E-state index in [4.69, 9.17) is 24.3 Å². The fourth-order valence-corrected chi connectivity index (χ4v) is 6.16. The largest absolute Gasteiger partial charge is 0.461 e. The number of amides is 1. The van der Waals surface area contributed by atoms with Gasteiger partial charge in [0.15, 0.2) is 5.72 Å². The summed E-state index contributed by atoms with van der Waals surface area (Å²) in [7, 11) is -4.20. The summed E-state index contributed by atoms with van der Waals surface area (Å²) in [5, 5.41) is 24.7. The molecule has 2 fully saturated rings. The number of nitrogens with zero attached hydrogens (tertiary/aromatic N) is 1. The van der Waals surface area contributed by atoms with Crippen LogP contribution in [0.15, 0.2) is 54.4 Å². The number of ether oxygens (including phenoxy) is 2. The second-order valence-corrected chi connectivity index (χ2v) is 11.6. The van der Waals surface area contributed by atoms with Crippen LogP contribution < -0.4 is 15.3 Å². The highest BCUT2D eigenvalue weighted by atomic mass is 31.2. The molecular weight excluding hydrogens is 529 g/mol. The zero-order valence-corrected chi connectivity index (χ0v) is 22.7. The van der Waals surface area contributed by atoms with E-state index in [0.717, 1.165) is 32.1 Å². The van der Waals surface area contributed by atoms with Crippen LogP contribution >= 0.6 is 7.75 Å². The number of hydrogen-bond acceptors (Lipinski definition) is 10. The molecule has 12 nitrogen and oxygen atoms in total. The Morgan fingerprint density at radius 3 is 2.67 bits per heavy atom. The van der Waals surface area contributed by atoms with E-state index in [0.29, 0.717) is 6.42 Å². The average molecular weight is 566 g/mol. The van der Waals surface area contributed by atoms with Crippen molar-refractivity contribution < 1.29 is 42.9 Å². The Labute approximate surface area is 227 Å². The maximum atomic E-state index is 13.8. The molecule has 1 saturated heterocycles. The maximum Gasteiger partial charge on any atom is 0.459 e. The number of rotatable bonds is 11. The third kappa shape index (κ3) is 7.27. The Balaban J connectivity index is 1.43. The molecule has 1 aromatic rings. The van der Waals surface area contributed by atoms with Crippen molar-refractivity contribution in [2.45, 2.75) is 75.5 Å². The number of carbonyl (C=O) groups is 2. The summed E-state index contributed by atoms with van der Waals surface area (Å²) in [6, 6.07) is 7.26. The van der Waals surface area contributed by atoms with Gasteiger partial charge in [-0.25, -0.2) is 4.57 Å². The second kappa shape index (κ2) is 12.6. The van der Waals surface area contributed by atoms with Crippen LogP contribution in [0.4, 0.5) is 0 Å². The first kappa shape index (κ1) is 29.3. The van der Waals surface area contributed by atoms with Crippen LogP contribution in [0, 0.1) is 0 Å². The van der Waals surface area contributed by atoms with Crippen molar-refractivity contribution in [1.29, 1.82) is 0 Å². The molecule has 39 heavy (non-hydrogen) atoms. The van der Waals surface area contributed by atoms with Crippen LogP contribution in [-0.2, 0) is 28.2 Å². The second-order valence-electron chi connectivity index (χ2n) is 9.93. The van der Waals surface area contributed by atoms with Crippen molar-refractivity contribution in [3.63, 3.8) is 0 Å². The van der Waals surface area contributed by atoms with Gasteiger partial charge in [-0.3, -0.25) is 14.1 Å². The van der Waals surface area contributed by atoms with Crippen LogP contribution in [-0.4, -0.2) is 70.3 Å². The Morgan fingerprint density at radius 2 is 1.97 bits per heavy atom. The van der Waals surface area contributed by atoms with Gasteiger partial charge in [-0.05, 0) is 51.2 Å². The molecule has 2 heterocycles. The van der Waals surface area contributed by atoms with Crippen molar-refractivity contribution in [3.05, 3.63) is 54.4 Å². The number of nitrogens with one attached hydrogen (secondary N) is 1. The summed E-state index contributed by atoms with van der Waals surface area (Å²) in [5.74, 6) is -1.00. The van der Waals surface area contributed by atoms with Crippen LogP contribution in [0.2, 0.25) is 0 Å².